The Kier molecular flexibility index (Phi) is 5.24. The smallest absolute Gasteiger partial charge is 0.440 e. The van der Waals surface area contributed by atoms with E-state index < -0.39 is 41.4 Å². The predicted octanol–water partition coefficient (Wildman–Crippen LogP) is 3.97. The third kappa shape index (κ3) is 3.54. The van der Waals surface area contributed by atoms with Crippen molar-refractivity contribution in [1.29, 1.82) is 0 Å². The summed E-state index contributed by atoms with van der Waals surface area (Å²) in [5, 5.41) is 9.94. The summed E-state index contributed by atoms with van der Waals surface area (Å²) in [4.78, 5) is 13.5. The molecule has 130 valence electrons. The molecule has 0 saturated carbocycles. The van der Waals surface area contributed by atoms with Gasteiger partial charge in [-0.25, -0.2) is 9.78 Å². The molecule has 23 heavy (non-hydrogen) atoms. The van der Waals surface area contributed by atoms with E-state index in [1.165, 1.54) is 0 Å². The highest BCUT2D eigenvalue weighted by atomic mass is 35.5. The lowest BCUT2D eigenvalue weighted by Gasteiger charge is -2.44. The lowest BCUT2D eigenvalue weighted by Crippen LogP contribution is -2.73. The molecule has 12 heteroatoms. The maximum Gasteiger partial charge on any atom is 0.440 e. The van der Waals surface area contributed by atoms with Crippen molar-refractivity contribution < 1.29 is 36.2 Å². The first-order valence-electron chi connectivity index (χ1n) is 5.90. The van der Waals surface area contributed by atoms with E-state index in [2.05, 4.69) is 4.98 Å². The van der Waals surface area contributed by atoms with E-state index in [-0.39, 0.29) is 5.02 Å². The van der Waals surface area contributed by atoms with Gasteiger partial charge in [0.15, 0.2) is 0 Å². The van der Waals surface area contributed by atoms with Crippen molar-refractivity contribution in [2.75, 3.05) is 11.9 Å². The van der Waals surface area contributed by atoms with Crippen molar-refractivity contribution in [3.05, 3.63) is 23.4 Å². The Labute approximate surface area is 130 Å². The molecule has 1 aromatic heterocycles. The maximum absolute atomic E-state index is 13.3. The minimum atomic E-state index is -6.01. The van der Waals surface area contributed by atoms with Crippen LogP contribution in [0.25, 0.3) is 0 Å². The summed E-state index contributed by atoms with van der Waals surface area (Å²) in [6.45, 7) is -0.230. The fraction of sp³-hybridized carbons (Fsp3) is 0.455. The number of nitrogens with one attached hydrogen (secondary N) is 1. The molecule has 0 atom stereocenters. The molecule has 1 heterocycles. The molecule has 0 aromatic carbocycles. The van der Waals surface area contributed by atoms with Crippen LogP contribution in [0.3, 0.4) is 0 Å². The summed E-state index contributed by atoms with van der Waals surface area (Å²) in [5.74, 6) is -0.844. The number of carboxylic acid groups (broad SMARTS) is 1. The minimum Gasteiger partial charge on any atom is -0.465 e. The summed E-state index contributed by atoms with van der Waals surface area (Å²) in [7, 11) is 0. The van der Waals surface area contributed by atoms with Gasteiger partial charge < -0.3 is 10.4 Å². The molecule has 0 aliphatic heterocycles. The average molecular weight is 366 g/mol. The van der Waals surface area contributed by atoms with Crippen LogP contribution < -0.4 is 5.32 Å². The van der Waals surface area contributed by atoms with Crippen LogP contribution in [0.4, 0.5) is 37.0 Å². The highest BCUT2D eigenvalue weighted by Gasteiger charge is 2.76. The van der Waals surface area contributed by atoms with E-state index in [1.54, 1.807) is 0 Å². The van der Waals surface area contributed by atoms with Gasteiger partial charge in [0.1, 0.15) is 5.82 Å². The van der Waals surface area contributed by atoms with Crippen LogP contribution in [-0.2, 0) is 0 Å². The third-order valence-corrected chi connectivity index (χ3v) is 3.03. The lowest BCUT2D eigenvalue weighted by molar-refractivity contribution is -0.323. The van der Waals surface area contributed by atoms with Gasteiger partial charge in [-0.3, -0.25) is 4.90 Å². The molecule has 1 amide bonds. The zero-order valence-corrected chi connectivity index (χ0v) is 12.1. The molecule has 2 N–H and O–H groups in total. The number of carbonyl (C=O) groups is 1. The highest BCUT2D eigenvalue weighted by molar-refractivity contribution is 6.30. The van der Waals surface area contributed by atoms with Gasteiger partial charge in [-0.2, -0.15) is 26.3 Å². The van der Waals surface area contributed by atoms with Crippen molar-refractivity contribution >= 4 is 23.5 Å². The quantitative estimate of drug-likeness (QED) is 0.626. The molecular formula is C11H10ClF6N3O2. The maximum atomic E-state index is 13.3. The van der Waals surface area contributed by atoms with Crippen LogP contribution >= 0.6 is 11.6 Å². The Hall–Kier alpha value is -1.91. The summed E-state index contributed by atoms with van der Waals surface area (Å²) in [5.41, 5.74) is -4.86. The van der Waals surface area contributed by atoms with Gasteiger partial charge >= 0.3 is 24.1 Å². The van der Waals surface area contributed by atoms with E-state index in [4.69, 9.17) is 16.7 Å². The van der Waals surface area contributed by atoms with Crippen LogP contribution in [0, 0.1) is 0 Å². The van der Waals surface area contributed by atoms with Gasteiger partial charge in [-0.1, -0.05) is 11.6 Å². The van der Waals surface area contributed by atoms with Crippen LogP contribution in [0.15, 0.2) is 18.3 Å². The van der Waals surface area contributed by atoms with Crippen molar-refractivity contribution in [1.82, 2.24) is 9.88 Å². The fourth-order valence-electron chi connectivity index (χ4n) is 1.83. The second kappa shape index (κ2) is 6.30. The number of anilines is 1. The number of aromatic nitrogens is 1. The van der Waals surface area contributed by atoms with E-state index in [0.717, 1.165) is 30.6 Å². The third-order valence-electron chi connectivity index (χ3n) is 2.81. The fourth-order valence-corrected chi connectivity index (χ4v) is 1.94. The molecule has 0 radical (unpaired) electrons. The van der Waals surface area contributed by atoms with Gasteiger partial charge in [0.05, 0.1) is 5.02 Å². The average Bonchev–Trinajstić information content (AvgIpc) is 2.37. The molecule has 0 unspecified atom stereocenters. The van der Waals surface area contributed by atoms with Crippen molar-refractivity contribution in [3.63, 3.8) is 0 Å². The molecule has 0 fully saturated rings. The molecule has 5 nitrogen and oxygen atoms in total. The number of rotatable bonds is 4. The minimum absolute atomic E-state index is 0.0225. The van der Waals surface area contributed by atoms with Gasteiger partial charge in [0, 0.05) is 12.7 Å². The van der Waals surface area contributed by atoms with Gasteiger partial charge in [0.2, 0.25) is 0 Å². The highest BCUT2D eigenvalue weighted by Crippen LogP contribution is 2.47. The van der Waals surface area contributed by atoms with Crippen LogP contribution in [-0.4, -0.2) is 45.6 Å². The predicted molar refractivity (Wildman–Crippen MR) is 68.1 cm³/mol. The number of amides is 1. The monoisotopic (exact) mass is 365 g/mol. The van der Waals surface area contributed by atoms with Crippen molar-refractivity contribution in [3.8, 4) is 0 Å². The zero-order chi connectivity index (χ0) is 18.1. The largest absolute Gasteiger partial charge is 0.465 e. The van der Waals surface area contributed by atoms with Gasteiger partial charge in [-0.05, 0) is 19.1 Å². The first kappa shape index (κ1) is 19.1. The first-order valence-corrected chi connectivity index (χ1v) is 6.28. The van der Waals surface area contributed by atoms with Crippen molar-refractivity contribution in [2.45, 2.75) is 24.9 Å². The number of nitrogens with zero attached hydrogens (tertiary/aromatic N) is 2. The van der Waals surface area contributed by atoms with E-state index in [1.807, 2.05) is 0 Å². The second-order valence-electron chi connectivity index (χ2n) is 4.22. The van der Waals surface area contributed by atoms with E-state index in [0.29, 0.717) is 0 Å². The molecule has 0 saturated heterocycles. The zero-order valence-electron chi connectivity index (χ0n) is 11.3. The molecular weight excluding hydrogens is 356 g/mol. The molecule has 1 rings (SSSR count). The van der Waals surface area contributed by atoms with Crippen LogP contribution in [0.5, 0.6) is 0 Å². The Balaban J connectivity index is 3.56. The Morgan fingerprint density at radius 1 is 1.26 bits per heavy atom. The molecule has 0 aliphatic rings. The summed E-state index contributed by atoms with van der Waals surface area (Å²) < 4.78 is 79.8. The van der Waals surface area contributed by atoms with E-state index >= 15 is 0 Å². The topological polar surface area (TPSA) is 65.5 Å². The summed E-state index contributed by atoms with van der Waals surface area (Å²) in [6, 6.07) is 1.77. The standard InChI is InChI=1S/C11H10ClF6N3O2/c1-2-21(8(22)23)9(10(13,14)15,11(16,17)18)20-7-4-3-6(12)5-19-7/h3-5H,2H2,1H3,(H,19,20)(H,22,23). The number of alkyl halides is 6. The normalized spacial score (nSPS) is 12.9. The summed E-state index contributed by atoms with van der Waals surface area (Å²) in [6.07, 6.45) is -13.6. The first-order chi connectivity index (χ1) is 10.4. The lowest BCUT2D eigenvalue weighted by atomic mass is 10.1. The second-order valence-corrected chi connectivity index (χ2v) is 4.66. The Bertz CT molecular complexity index is 546. The SMILES string of the molecule is CCN(C(=O)O)C(Nc1ccc(Cl)cn1)(C(F)(F)F)C(F)(F)F. The Morgan fingerprint density at radius 3 is 2.09 bits per heavy atom. The number of hydrogen-bond donors (Lipinski definition) is 2. The molecule has 0 spiro atoms. The number of halogens is 7. The van der Waals surface area contributed by atoms with Crippen molar-refractivity contribution in [2.24, 2.45) is 0 Å². The van der Waals surface area contributed by atoms with Gasteiger partial charge in [0.25, 0.3) is 0 Å². The Morgan fingerprint density at radius 2 is 1.78 bits per heavy atom. The molecule has 0 aliphatic carbocycles. The molecule has 1 aromatic rings. The van der Waals surface area contributed by atoms with Crippen LogP contribution in [0.1, 0.15) is 6.92 Å². The van der Waals surface area contributed by atoms with Crippen LogP contribution in [0.2, 0.25) is 5.02 Å². The van der Waals surface area contributed by atoms with Gasteiger partial charge in [-0.15, -0.1) is 0 Å². The molecule has 0 bridgehead atoms. The number of pyridine rings is 1. The van der Waals surface area contributed by atoms with E-state index in [9.17, 15) is 31.1 Å². The summed E-state index contributed by atoms with van der Waals surface area (Å²) >= 11 is 5.46. The number of hydrogen-bond acceptors (Lipinski definition) is 3.